The number of nitrogens with one attached hydrogen (secondary N) is 2. The molecule has 2 unspecified atom stereocenters. The van der Waals surface area contributed by atoms with Crippen LogP contribution in [0.25, 0.3) is 17.1 Å². The van der Waals surface area contributed by atoms with Gasteiger partial charge in [-0.1, -0.05) is 24.3 Å². The van der Waals surface area contributed by atoms with E-state index in [1.54, 1.807) is 18.5 Å². The van der Waals surface area contributed by atoms with E-state index in [2.05, 4.69) is 38.4 Å². The lowest BCUT2D eigenvalue weighted by atomic mass is 9.90. The van der Waals surface area contributed by atoms with Crippen LogP contribution in [0.4, 0.5) is 0 Å². The second-order valence-electron chi connectivity index (χ2n) is 7.20. The summed E-state index contributed by atoms with van der Waals surface area (Å²) in [5, 5.41) is 13.5. The maximum Gasteiger partial charge on any atom is 0.262 e. The average molecular weight is 375 g/mol. The van der Waals surface area contributed by atoms with Crippen molar-refractivity contribution >= 4 is 23.0 Å². The van der Waals surface area contributed by atoms with Crippen LogP contribution >= 0.6 is 0 Å². The fourth-order valence-electron chi connectivity index (χ4n) is 3.34. The van der Waals surface area contributed by atoms with E-state index >= 15 is 0 Å². The molecule has 1 aliphatic rings. The van der Waals surface area contributed by atoms with Crippen LogP contribution in [-0.4, -0.2) is 47.5 Å². The number of carbonyl (C=O) groups excluding carboxylic acids is 1. The number of nitriles is 1. The van der Waals surface area contributed by atoms with Crippen LogP contribution in [0, 0.1) is 17.2 Å². The minimum atomic E-state index is -0.340. The maximum absolute atomic E-state index is 12.9. The minimum absolute atomic E-state index is 0.0301. The first-order valence-corrected chi connectivity index (χ1v) is 9.41. The molecule has 1 aliphatic carbocycles. The highest BCUT2D eigenvalue weighted by atomic mass is 16.1. The van der Waals surface area contributed by atoms with Crippen LogP contribution in [-0.2, 0) is 4.79 Å². The number of hydrogen-bond acceptors (Lipinski definition) is 4. The molecule has 6 heteroatoms. The van der Waals surface area contributed by atoms with E-state index in [4.69, 9.17) is 0 Å². The van der Waals surface area contributed by atoms with E-state index in [1.165, 1.54) is 0 Å². The molecule has 2 aromatic rings. The lowest BCUT2D eigenvalue weighted by Gasteiger charge is -2.27. The third-order valence-corrected chi connectivity index (χ3v) is 4.88. The van der Waals surface area contributed by atoms with Gasteiger partial charge < -0.3 is 15.2 Å². The summed E-state index contributed by atoms with van der Waals surface area (Å²) in [6.45, 7) is 0.860. The molecule has 0 spiro atoms. The van der Waals surface area contributed by atoms with Crippen LogP contribution < -0.4 is 5.32 Å². The molecule has 2 atom stereocenters. The highest BCUT2D eigenvalue weighted by molar-refractivity contribution is 6.03. The van der Waals surface area contributed by atoms with Gasteiger partial charge in [0.25, 0.3) is 5.91 Å². The van der Waals surface area contributed by atoms with Crippen LogP contribution in [0.3, 0.4) is 0 Å². The molecule has 0 fully saturated rings. The highest BCUT2D eigenvalue weighted by Gasteiger charge is 2.23. The smallest absolute Gasteiger partial charge is 0.262 e. The zero-order valence-corrected chi connectivity index (χ0v) is 16.2. The summed E-state index contributed by atoms with van der Waals surface area (Å²) in [6, 6.07) is 5.77. The molecule has 3 rings (SSSR count). The Morgan fingerprint density at radius 3 is 3.07 bits per heavy atom. The van der Waals surface area contributed by atoms with Crippen molar-refractivity contribution in [1.82, 2.24) is 20.2 Å². The van der Waals surface area contributed by atoms with Crippen molar-refractivity contribution in [3.8, 4) is 6.07 Å². The predicted molar refractivity (Wildman–Crippen MR) is 111 cm³/mol. The van der Waals surface area contributed by atoms with Crippen molar-refractivity contribution in [2.45, 2.75) is 18.9 Å². The van der Waals surface area contributed by atoms with E-state index in [-0.39, 0.29) is 23.4 Å². The van der Waals surface area contributed by atoms with Gasteiger partial charge in [-0.05, 0) is 51.7 Å². The fraction of sp³-hybridized carbons (Fsp3) is 0.318. The molecule has 2 heterocycles. The number of rotatable bonds is 7. The van der Waals surface area contributed by atoms with Gasteiger partial charge in [0, 0.05) is 35.3 Å². The van der Waals surface area contributed by atoms with Crippen molar-refractivity contribution in [3.63, 3.8) is 0 Å². The Balaban J connectivity index is 1.79. The summed E-state index contributed by atoms with van der Waals surface area (Å²) in [6.07, 6.45) is 15.1. The maximum atomic E-state index is 12.9. The summed E-state index contributed by atoms with van der Waals surface area (Å²) in [7, 11) is 4.03. The molecule has 2 N–H and O–H groups in total. The summed E-state index contributed by atoms with van der Waals surface area (Å²) in [4.78, 5) is 22.3. The molecule has 0 saturated heterocycles. The molecule has 0 radical (unpaired) electrons. The van der Waals surface area contributed by atoms with Crippen LogP contribution in [0.1, 0.15) is 18.4 Å². The Kier molecular flexibility index (Phi) is 6.41. The van der Waals surface area contributed by atoms with E-state index in [1.807, 2.05) is 38.4 Å². The molecule has 28 heavy (non-hydrogen) atoms. The first-order chi connectivity index (χ1) is 13.6. The minimum Gasteiger partial charge on any atom is -0.348 e. The molecular weight excluding hydrogens is 350 g/mol. The van der Waals surface area contributed by atoms with Crippen molar-refractivity contribution in [2.24, 2.45) is 5.92 Å². The highest BCUT2D eigenvalue weighted by Crippen LogP contribution is 2.21. The monoisotopic (exact) mass is 375 g/mol. The van der Waals surface area contributed by atoms with Gasteiger partial charge in [-0.2, -0.15) is 5.26 Å². The molecule has 0 aliphatic heterocycles. The molecule has 0 bridgehead atoms. The van der Waals surface area contributed by atoms with Crippen molar-refractivity contribution in [2.75, 3.05) is 20.6 Å². The van der Waals surface area contributed by atoms with Gasteiger partial charge in [-0.15, -0.1) is 0 Å². The summed E-state index contributed by atoms with van der Waals surface area (Å²) in [5.41, 5.74) is 1.60. The van der Waals surface area contributed by atoms with Gasteiger partial charge in [0.1, 0.15) is 17.3 Å². The normalized spacial score (nSPS) is 17.6. The lowest BCUT2D eigenvalue weighted by molar-refractivity contribution is -0.118. The second-order valence-corrected chi connectivity index (χ2v) is 7.20. The number of carbonyl (C=O) groups is 1. The third kappa shape index (κ3) is 4.76. The summed E-state index contributed by atoms with van der Waals surface area (Å²) < 4.78 is 0. The van der Waals surface area contributed by atoms with Crippen LogP contribution in [0.5, 0.6) is 0 Å². The second kappa shape index (κ2) is 9.16. The average Bonchev–Trinajstić information content (AvgIpc) is 3.12. The lowest BCUT2D eigenvalue weighted by Crippen LogP contribution is -2.42. The Morgan fingerprint density at radius 2 is 2.36 bits per heavy atom. The number of aromatic amines is 1. The van der Waals surface area contributed by atoms with Crippen molar-refractivity contribution < 1.29 is 4.79 Å². The molecule has 0 saturated carbocycles. The molecule has 0 aromatic carbocycles. The number of aromatic nitrogens is 2. The van der Waals surface area contributed by atoms with E-state index in [0.717, 1.165) is 36.0 Å². The zero-order valence-electron chi connectivity index (χ0n) is 16.2. The van der Waals surface area contributed by atoms with Crippen LogP contribution in [0.15, 0.2) is 54.4 Å². The third-order valence-electron chi connectivity index (χ3n) is 4.88. The Hall–Kier alpha value is -3.17. The van der Waals surface area contributed by atoms with E-state index < -0.39 is 0 Å². The molecule has 2 aromatic heterocycles. The Labute approximate surface area is 165 Å². The first kappa shape index (κ1) is 19.6. The number of nitrogens with zero attached hydrogens (tertiary/aromatic N) is 3. The molecule has 144 valence electrons. The van der Waals surface area contributed by atoms with Gasteiger partial charge in [0.2, 0.25) is 0 Å². The number of allylic oxidation sites excluding steroid dienone is 3. The van der Waals surface area contributed by atoms with E-state index in [0.29, 0.717) is 0 Å². The SMILES string of the molecule is CN(C)CCC(NC(=O)/C(C#N)=C/c1c[nH]c2ncccc12)C1C=CC=CC1. The van der Waals surface area contributed by atoms with Gasteiger partial charge >= 0.3 is 0 Å². The van der Waals surface area contributed by atoms with Crippen molar-refractivity contribution in [1.29, 1.82) is 5.26 Å². The Morgan fingerprint density at radius 1 is 1.50 bits per heavy atom. The fourth-order valence-corrected chi connectivity index (χ4v) is 3.34. The van der Waals surface area contributed by atoms with Gasteiger partial charge in [-0.25, -0.2) is 4.98 Å². The first-order valence-electron chi connectivity index (χ1n) is 9.41. The summed E-state index contributed by atoms with van der Waals surface area (Å²) in [5.74, 6) is -0.112. The molecule has 6 nitrogen and oxygen atoms in total. The standard InChI is InChI=1S/C22H25N5O/c1-27(2)12-10-20(16-7-4-3-5-8-16)26-22(28)17(14-23)13-18-15-25-21-19(18)9-6-11-24-21/h3-7,9,11,13,15-16,20H,8,10,12H2,1-2H3,(H,24,25)(H,26,28)/b17-13+. The predicted octanol–water partition coefficient (Wildman–Crippen LogP) is 3.04. The number of H-pyrrole nitrogens is 1. The van der Waals surface area contributed by atoms with E-state index in [9.17, 15) is 10.1 Å². The van der Waals surface area contributed by atoms with Gasteiger partial charge in [-0.3, -0.25) is 4.79 Å². The molecular formula is C22H25N5O. The summed E-state index contributed by atoms with van der Waals surface area (Å²) >= 11 is 0. The largest absolute Gasteiger partial charge is 0.348 e. The number of amides is 1. The quantitative estimate of drug-likeness (QED) is 0.575. The number of pyridine rings is 1. The number of hydrogen-bond donors (Lipinski definition) is 2. The van der Waals surface area contributed by atoms with Gasteiger partial charge in [0.05, 0.1) is 0 Å². The molecule has 1 amide bonds. The van der Waals surface area contributed by atoms with Crippen molar-refractivity contribution in [3.05, 3.63) is 60.0 Å². The zero-order chi connectivity index (χ0) is 19.9. The number of fused-ring (bicyclic) bond motifs is 1. The Bertz CT molecular complexity index is 961. The topological polar surface area (TPSA) is 84.8 Å². The van der Waals surface area contributed by atoms with Gasteiger partial charge in [0.15, 0.2) is 0 Å². The van der Waals surface area contributed by atoms with Crippen LogP contribution in [0.2, 0.25) is 0 Å².